The minimum Gasteiger partial charge on any atom is -0.393 e. The van der Waals surface area contributed by atoms with Gasteiger partial charge in [0.15, 0.2) is 0 Å². The Labute approximate surface area is 267 Å². The fourth-order valence-electron chi connectivity index (χ4n) is 8.16. The zero-order chi connectivity index (χ0) is 32.6. The molecule has 2 saturated heterocycles. The van der Waals surface area contributed by atoms with Crippen molar-refractivity contribution < 1.29 is 19.7 Å². The third kappa shape index (κ3) is 6.94. The second kappa shape index (κ2) is 12.5. The van der Waals surface area contributed by atoms with Crippen LogP contribution in [0.5, 0.6) is 0 Å². The van der Waals surface area contributed by atoms with Crippen molar-refractivity contribution in [3.05, 3.63) is 95.7 Å². The molecule has 2 aliphatic heterocycles. The van der Waals surface area contributed by atoms with E-state index in [4.69, 9.17) is 9.47 Å². The molecule has 0 radical (unpaired) electrons. The van der Waals surface area contributed by atoms with Gasteiger partial charge in [-0.05, 0) is 72.0 Å². The molecule has 0 aromatic rings. The predicted molar refractivity (Wildman–Crippen MR) is 183 cm³/mol. The Morgan fingerprint density at radius 3 is 1.57 bits per heavy atom. The van der Waals surface area contributed by atoms with Crippen molar-refractivity contribution in [2.24, 2.45) is 16.7 Å². The Hall–Kier alpha value is -2.24. The molecule has 2 heterocycles. The predicted octanol–water partition coefficient (Wildman–Crippen LogP) is 9.05. The van der Waals surface area contributed by atoms with Gasteiger partial charge >= 0.3 is 0 Å². The summed E-state index contributed by atoms with van der Waals surface area (Å²) in [6.07, 6.45) is 31.6. The first kappa shape index (κ1) is 34.6. The van der Waals surface area contributed by atoms with Gasteiger partial charge in [0.25, 0.3) is 0 Å². The first-order valence-electron chi connectivity index (χ1n) is 16.6. The molecular weight excluding hydrogens is 544 g/mol. The van der Waals surface area contributed by atoms with Crippen molar-refractivity contribution in [2.45, 2.75) is 136 Å². The van der Waals surface area contributed by atoms with Crippen LogP contribution in [0.2, 0.25) is 0 Å². The van der Waals surface area contributed by atoms with Gasteiger partial charge in [-0.15, -0.1) is 0 Å². The van der Waals surface area contributed by atoms with Crippen molar-refractivity contribution in [1.29, 1.82) is 0 Å². The second-order valence-electron chi connectivity index (χ2n) is 15.8. The highest BCUT2D eigenvalue weighted by molar-refractivity contribution is 5.37. The Morgan fingerprint density at radius 2 is 1.09 bits per heavy atom. The number of ether oxygens (including phenoxy) is 2. The summed E-state index contributed by atoms with van der Waals surface area (Å²) in [7, 11) is 0. The number of epoxide rings is 2. The molecule has 4 nitrogen and oxygen atoms in total. The molecule has 2 saturated carbocycles. The molecule has 7 atom stereocenters. The van der Waals surface area contributed by atoms with Gasteiger partial charge in [0.05, 0.1) is 12.2 Å². The molecule has 0 bridgehead atoms. The average molecular weight is 603 g/mol. The van der Waals surface area contributed by atoms with Crippen LogP contribution in [0.4, 0.5) is 0 Å². The van der Waals surface area contributed by atoms with E-state index in [1.807, 2.05) is 0 Å². The van der Waals surface area contributed by atoms with Crippen molar-refractivity contribution in [3.63, 3.8) is 0 Å². The molecule has 4 rings (SSSR count). The molecule has 0 aromatic carbocycles. The van der Waals surface area contributed by atoms with Gasteiger partial charge in [0.1, 0.15) is 22.4 Å². The molecule has 44 heavy (non-hydrogen) atoms. The molecule has 0 amide bonds. The van der Waals surface area contributed by atoms with E-state index in [9.17, 15) is 10.2 Å². The number of fused-ring (bicyclic) bond motifs is 2. The molecule has 4 aliphatic rings. The van der Waals surface area contributed by atoms with Crippen LogP contribution in [0.1, 0.15) is 101 Å². The van der Waals surface area contributed by atoms with Crippen molar-refractivity contribution in [2.75, 3.05) is 0 Å². The smallest absolute Gasteiger partial charge is 0.121 e. The molecule has 0 spiro atoms. The van der Waals surface area contributed by atoms with Crippen LogP contribution >= 0.6 is 0 Å². The molecule has 4 heteroatoms. The van der Waals surface area contributed by atoms with Gasteiger partial charge in [0, 0.05) is 23.7 Å². The second-order valence-corrected chi connectivity index (χ2v) is 15.8. The fraction of sp³-hybridized carbons (Fsp3) is 0.600. The Balaban J connectivity index is 1.22. The van der Waals surface area contributed by atoms with Crippen LogP contribution in [0.3, 0.4) is 0 Å². The van der Waals surface area contributed by atoms with Crippen LogP contribution < -0.4 is 0 Å². The first-order valence-corrected chi connectivity index (χ1v) is 16.6. The highest BCUT2D eigenvalue weighted by Gasteiger charge is 2.75. The van der Waals surface area contributed by atoms with Gasteiger partial charge in [-0.1, -0.05) is 118 Å². The van der Waals surface area contributed by atoms with E-state index in [1.54, 1.807) is 0 Å². The van der Waals surface area contributed by atoms with E-state index in [2.05, 4.69) is 148 Å². The number of aliphatic hydroxyl groups is 2. The molecule has 242 valence electrons. The van der Waals surface area contributed by atoms with E-state index < -0.39 is 0 Å². The van der Waals surface area contributed by atoms with E-state index in [0.29, 0.717) is 18.8 Å². The third-order valence-electron chi connectivity index (χ3n) is 10.7. The highest BCUT2D eigenvalue weighted by atomic mass is 16.6. The largest absolute Gasteiger partial charge is 0.393 e. The Bertz CT molecular complexity index is 1320. The standard InChI is InChI=1S/C40H58O4/c1-29(17-13-19-31(3)21-23-39-35(5,6)25-33(41)27-37(39,9)43-39)15-11-12-16-30(2)18-14-20-32(4)22-24-40-36(7,8)26-34(42)28-38(40,10)44-40/h11-15,17-24,30,33-34,41-42H,16,25-28H2,1-10H3/b12-11+,17-13+,18-14+,23-21+,24-22+,29-15-,31-19+,32-20+/t30?,33-,34-,37-,38+,39+,40-/m0/s1. The summed E-state index contributed by atoms with van der Waals surface area (Å²) in [5, 5.41) is 20.5. The minimum absolute atomic E-state index is 0.0878. The Morgan fingerprint density at radius 1 is 0.659 bits per heavy atom. The summed E-state index contributed by atoms with van der Waals surface area (Å²) in [5.41, 5.74) is 2.30. The summed E-state index contributed by atoms with van der Waals surface area (Å²) < 4.78 is 12.5. The van der Waals surface area contributed by atoms with E-state index >= 15 is 0 Å². The SMILES string of the molecule is CC(=C/C=C/CC(C)/C=C/C=C(C)/C=C/[C@@]12O[C@]1(C)C[C@@H](O)CC2(C)C)/C=C/C=C(C)/C=C/[C@]12O[C@@]1(C)C[C@@H](O)CC2(C)C. The zero-order valence-electron chi connectivity index (χ0n) is 29.0. The normalized spacial score (nSPS) is 39.5. The molecule has 1 unspecified atom stereocenters. The zero-order valence-corrected chi connectivity index (χ0v) is 29.0. The summed E-state index contributed by atoms with van der Waals surface area (Å²) in [6.45, 7) is 21.7. The lowest BCUT2D eigenvalue weighted by Crippen LogP contribution is -2.46. The van der Waals surface area contributed by atoms with Gasteiger partial charge < -0.3 is 19.7 Å². The third-order valence-corrected chi connectivity index (χ3v) is 10.7. The molecule has 2 N–H and O–H groups in total. The first-order chi connectivity index (χ1) is 20.4. The highest BCUT2D eigenvalue weighted by Crippen LogP contribution is 2.67. The van der Waals surface area contributed by atoms with Crippen molar-refractivity contribution >= 4 is 0 Å². The lowest BCUT2D eigenvalue weighted by molar-refractivity contribution is 0.0510. The quantitative estimate of drug-likeness (QED) is 0.183. The number of rotatable bonds is 11. The lowest BCUT2D eigenvalue weighted by Gasteiger charge is -2.39. The van der Waals surface area contributed by atoms with Gasteiger partial charge in [-0.3, -0.25) is 0 Å². The van der Waals surface area contributed by atoms with Crippen LogP contribution in [-0.2, 0) is 9.47 Å². The molecule has 4 fully saturated rings. The van der Waals surface area contributed by atoms with Gasteiger partial charge in [0.2, 0.25) is 0 Å². The maximum atomic E-state index is 10.3. The minimum atomic E-state index is -0.288. The number of aliphatic hydroxyl groups excluding tert-OH is 2. The average Bonchev–Trinajstić information content (AvgIpc) is 3.73. The molecular formula is C40H58O4. The number of hydrogen-bond acceptors (Lipinski definition) is 4. The fourth-order valence-corrected chi connectivity index (χ4v) is 8.16. The summed E-state index contributed by atoms with van der Waals surface area (Å²) >= 11 is 0. The maximum absolute atomic E-state index is 10.3. The summed E-state index contributed by atoms with van der Waals surface area (Å²) in [5.74, 6) is 0.447. The Kier molecular flexibility index (Phi) is 9.85. The monoisotopic (exact) mass is 602 g/mol. The molecule has 0 aromatic heterocycles. The van der Waals surface area contributed by atoms with Gasteiger partial charge in [-0.2, -0.15) is 0 Å². The lowest BCUT2D eigenvalue weighted by atomic mass is 9.63. The van der Waals surface area contributed by atoms with Crippen molar-refractivity contribution in [3.8, 4) is 0 Å². The van der Waals surface area contributed by atoms with E-state index in [0.717, 1.165) is 19.3 Å². The number of allylic oxidation sites excluding steroid dienone is 14. The summed E-state index contributed by atoms with van der Waals surface area (Å²) in [4.78, 5) is 0. The topological polar surface area (TPSA) is 65.5 Å². The van der Waals surface area contributed by atoms with Crippen LogP contribution in [0, 0.1) is 16.7 Å². The number of hydrogen-bond donors (Lipinski definition) is 2. The van der Waals surface area contributed by atoms with Crippen LogP contribution in [-0.4, -0.2) is 44.8 Å². The van der Waals surface area contributed by atoms with Gasteiger partial charge in [-0.25, -0.2) is 0 Å². The molecule has 2 aliphatic carbocycles. The van der Waals surface area contributed by atoms with Crippen LogP contribution in [0.15, 0.2) is 95.7 Å². The summed E-state index contributed by atoms with van der Waals surface area (Å²) in [6, 6.07) is 0. The van der Waals surface area contributed by atoms with E-state index in [1.165, 1.54) is 16.7 Å². The maximum Gasteiger partial charge on any atom is 0.121 e. The van der Waals surface area contributed by atoms with Crippen LogP contribution in [0.25, 0.3) is 0 Å². The van der Waals surface area contributed by atoms with E-state index in [-0.39, 0.29) is 45.4 Å². The van der Waals surface area contributed by atoms with Crippen molar-refractivity contribution in [1.82, 2.24) is 0 Å².